The van der Waals surface area contributed by atoms with E-state index in [1.54, 1.807) is 12.4 Å². The summed E-state index contributed by atoms with van der Waals surface area (Å²) in [6.07, 6.45) is 3.47. The Bertz CT molecular complexity index is 622. The van der Waals surface area contributed by atoms with Crippen molar-refractivity contribution in [1.82, 2.24) is 9.97 Å². The topological polar surface area (TPSA) is 37.8 Å². The maximum absolute atomic E-state index is 4.15. The molecule has 3 rings (SSSR count). The number of anilines is 1. The highest BCUT2D eigenvalue weighted by Crippen LogP contribution is 2.23. The normalized spacial score (nSPS) is 10.4. The Labute approximate surface area is 134 Å². The third-order valence-corrected chi connectivity index (χ3v) is 4.27. The molecule has 110 valence electrons. The van der Waals surface area contributed by atoms with E-state index < -0.39 is 0 Å². The lowest BCUT2D eigenvalue weighted by molar-refractivity contribution is 1.05. The molecule has 0 unspecified atom stereocenters. The molecule has 0 fully saturated rings. The monoisotopic (exact) mass is 307 g/mol. The van der Waals surface area contributed by atoms with E-state index in [9.17, 15) is 0 Å². The van der Waals surface area contributed by atoms with Gasteiger partial charge < -0.3 is 5.32 Å². The van der Waals surface area contributed by atoms with E-state index in [0.717, 1.165) is 12.3 Å². The van der Waals surface area contributed by atoms with E-state index in [1.807, 2.05) is 23.9 Å². The quantitative estimate of drug-likeness (QED) is 0.686. The van der Waals surface area contributed by atoms with Gasteiger partial charge in [-0.3, -0.25) is 0 Å². The van der Waals surface area contributed by atoms with Gasteiger partial charge in [0.05, 0.1) is 0 Å². The number of benzene rings is 2. The minimum atomic E-state index is 0.657. The fraction of sp³-hybridized carbons (Fsp3) is 0.111. The average molecular weight is 307 g/mol. The zero-order valence-corrected chi connectivity index (χ0v) is 13.0. The Morgan fingerprint density at radius 2 is 1.50 bits per heavy atom. The number of nitrogens with one attached hydrogen (secondary N) is 1. The third kappa shape index (κ3) is 4.33. The lowest BCUT2D eigenvalue weighted by atomic mass is 10.2. The number of hydrogen-bond donors (Lipinski definition) is 1. The molecular formula is C18H17N3S. The summed E-state index contributed by atoms with van der Waals surface area (Å²) in [7, 11) is 0. The Balaban J connectivity index is 1.52. The van der Waals surface area contributed by atoms with Crippen LogP contribution in [0.5, 0.6) is 0 Å². The standard InChI is InChI=1S/C18H17N3S/c1-2-5-16(6-3-1)14-22-17-9-7-15(8-10-17)13-21-18-19-11-4-12-20-18/h1-12H,13-14H2,(H,19,20,21). The molecular weight excluding hydrogens is 290 g/mol. The zero-order chi connectivity index (χ0) is 15.0. The minimum absolute atomic E-state index is 0.657. The van der Waals surface area contributed by atoms with Gasteiger partial charge in [0.15, 0.2) is 0 Å². The van der Waals surface area contributed by atoms with Gasteiger partial charge in [0, 0.05) is 29.6 Å². The summed E-state index contributed by atoms with van der Waals surface area (Å²) in [4.78, 5) is 9.58. The molecule has 0 aliphatic heterocycles. The van der Waals surface area contributed by atoms with Gasteiger partial charge in [-0.25, -0.2) is 9.97 Å². The van der Waals surface area contributed by atoms with Gasteiger partial charge in [-0.05, 0) is 29.3 Å². The molecule has 0 radical (unpaired) electrons. The van der Waals surface area contributed by atoms with Crippen LogP contribution in [0.3, 0.4) is 0 Å². The number of thioether (sulfide) groups is 1. The molecule has 3 aromatic rings. The van der Waals surface area contributed by atoms with E-state index in [4.69, 9.17) is 0 Å². The van der Waals surface area contributed by atoms with Gasteiger partial charge in [-0.15, -0.1) is 11.8 Å². The van der Waals surface area contributed by atoms with Crippen LogP contribution in [0, 0.1) is 0 Å². The molecule has 1 heterocycles. The van der Waals surface area contributed by atoms with Crippen LogP contribution in [0.4, 0.5) is 5.95 Å². The highest BCUT2D eigenvalue weighted by molar-refractivity contribution is 7.98. The lowest BCUT2D eigenvalue weighted by Gasteiger charge is -2.06. The van der Waals surface area contributed by atoms with E-state index in [0.29, 0.717) is 5.95 Å². The number of aromatic nitrogens is 2. The molecule has 0 aliphatic rings. The van der Waals surface area contributed by atoms with Crippen molar-refractivity contribution in [2.24, 2.45) is 0 Å². The van der Waals surface area contributed by atoms with Crippen molar-refractivity contribution in [3.8, 4) is 0 Å². The van der Waals surface area contributed by atoms with Crippen LogP contribution in [-0.2, 0) is 12.3 Å². The first-order valence-corrected chi connectivity index (χ1v) is 8.15. The fourth-order valence-electron chi connectivity index (χ4n) is 2.02. The number of nitrogens with zero attached hydrogens (tertiary/aromatic N) is 2. The van der Waals surface area contributed by atoms with Crippen LogP contribution >= 0.6 is 11.8 Å². The highest BCUT2D eigenvalue weighted by Gasteiger charge is 1.98. The van der Waals surface area contributed by atoms with Crippen molar-refractivity contribution in [3.05, 3.63) is 84.2 Å². The third-order valence-electron chi connectivity index (χ3n) is 3.19. The van der Waals surface area contributed by atoms with E-state index >= 15 is 0 Å². The summed E-state index contributed by atoms with van der Waals surface area (Å²) in [5, 5.41) is 3.21. The van der Waals surface area contributed by atoms with Gasteiger partial charge in [-0.2, -0.15) is 0 Å². The predicted octanol–water partition coefficient (Wildman–Crippen LogP) is 4.38. The second-order valence-corrected chi connectivity index (χ2v) is 5.89. The fourth-order valence-corrected chi connectivity index (χ4v) is 2.87. The van der Waals surface area contributed by atoms with Crippen molar-refractivity contribution in [1.29, 1.82) is 0 Å². The average Bonchev–Trinajstić information content (AvgIpc) is 2.61. The Morgan fingerprint density at radius 1 is 0.773 bits per heavy atom. The van der Waals surface area contributed by atoms with Gasteiger partial charge in [-0.1, -0.05) is 42.5 Å². The zero-order valence-electron chi connectivity index (χ0n) is 12.1. The predicted molar refractivity (Wildman–Crippen MR) is 91.8 cm³/mol. The van der Waals surface area contributed by atoms with Crippen LogP contribution in [0.25, 0.3) is 0 Å². The summed E-state index contributed by atoms with van der Waals surface area (Å²) in [5.41, 5.74) is 2.57. The summed E-state index contributed by atoms with van der Waals surface area (Å²) in [6, 6.07) is 20.9. The van der Waals surface area contributed by atoms with Gasteiger partial charge >= 0.3 is 0 Å². The number of rotatable bonds is 6. The molecule has 0 spiro atoms. The molecule has 0 atom stereocenters. The Kier molecular flexibility index (Phi) is 5.05. The van der Waals surface area contributed by atoms with Crippen LogP contribution in [0.1, 0.15) is 11.1 Å². The molecule has 0 bridgehead atoms. The molecule has 0 aliphatic carbocycles. The first-order chi connectivity index (χ1) is 10.9. The maximum atomic E-state index is 4.15. The van der Waals surface area contributed by atoms with E-state index in [-0.39, 0.29) is 0 Å². The minimum Gasteiger partial charge on any atom is -0.350 e. The molecule has 0 saturated carbocycles. The van der Waals surface area contributed by atoms with Crippen molar-refractivity contribution in [2.75, 3.05) is 5.32 Å². The SMILES string of the molecule is c1ccc(CSc2ccc(CNc3ncccn3)cc2)cc1. The van der Waals surface area contributed by atoms with Crippen LogP contribution in [0.15, 0.2) is 78.0 Å². The Hall–Kier alpha value is -2.33. The van der Waals surface area contributed by atoms with Gasteiger partial charge in [0.2, 0.25) is 5.95 Å². The van der Waals surface area contributed by atoms with Crippen LogP contribution in [-0.4, -0.2) is 9.97 Å². The van der Waals surface area contributed by atoms with Crippen LogP contribution < -0.4 is 5.32 Å². The largest absolute Gasteiger partial charge is 0.350 e. The Morgan fingerprint density at radius 3 is 2.23 bits per heavy atom. The summed E-state index contributed by atoms with van der Waals surface area (Å²) in [6.45, 7) is 0.730. The summed E-state index contributed by atoms with van der Waals surface area (Å²) >= 11 is 1.85. The van der Waals surface area contributed by atoms with Gasteiger partial charge in [0.25, 0.3) is 0 Å². The second-order valence-electron chi connectivity index (χ2n) is 4.84. The highest BCUT2D eigenvalue weighted by atomic mass is 32.2. The van der Waals surface area contributed by atoms with E-state index in [1.165, 1.54) is 16.0 Å². The molecule has 4 heteroatoms. The maximum Gasteiger partial charge on any atom is 0.222 e. The van der Waals surface area contributed by atoms with Crippen LogP contribution in [0.2, 0.25) is 0 Å². The molecule has 0 saturated heterocycles. The first-order valence-electron chi connectivity index (χ1n) is 7.17. The molecule has 0 amide bonds. The summed E-state index contributed by atoms with van der Waals surface area (Å²) in [5.74, 6) is 1.65. The molecule has 2 aromatic carbocycles. The van der Waals surface area contributed by atoms with E-state index in [2.05, 4.69) is 63.8 Å². The first kappa shape index (κ1) is 14.6. The van der Waals surface area contributed by atoms with Crippen molar-refractivity contribution < 1.29 is 0 Å². The van der Waals surface area contributed by atoms with Crippen molar-refractivity contribution in [2.45, 2.75) is 17.2 Å². The van der Waals surface area contributed by atoms with Crippen molar-refractivity contribution >= 4 is 17.7 Å². The molecule has 3 nitrogen and oxygen atoms in total. The molecule has 1 N–H and O–H groups in total. The number of hydrogen-bond acceptors (Lipinski definition) is 4. The smallest absolute Gasteiger partial charge is 0.222 e. The molecule has 22 heavy (non-hydrogen) atoms. The van der Waals surface area contributed by atoms with Crippen molar-refractivity contribution in [3.63, 3.8) is 0 Å². The van der Waals surface area contributed by atoms with Gasteiger partial charge in [0.1, 0.15) is 0 Å². The lowest BCUT2D eigenvalue weighted by Crippen LogP contribution is -2.02. The molecule has 1 aromatic heterocycles. The second kappa shape index (κ2) is 7.61. The summed E-state index contributed by atoms with van der Waals surface area (Å²) < 4.78 is 0.